The van der Waals surface area contributed by atoms with Crippen molar-refractivity contribution in [3.8, 4) is 0 Å². The maximum atomic E-state index is 12.7. The van der Waals surface area contributed by atoms with Crippen LogP contribution >= 0.6 is 0 Å². The molecule has 2 saturated heterocycles. The number of nitrogens with two attached hydrogens (primary N) is 1. The third kappa shape index (κ3) is 2.24. The van der Waals surface area contributed by atoms with Crippen LogP contribution in [0.3, 0.4) is 0 Å². The molecule has 2 aliphatic rings. The van der Waals surface area contributed by atoms with Gasteiger partial charge in [0.2, 0.25) is 5.91 Å². The molecule has 1 aromatic rings. The molecule has 102 valence electrons. The number of hydrogen-bond acceptors (Lipinski definition) is 4. The minimum absolute atomic E-state index is 0.0244. The van der Waals surface area contributed by atoms with E-state index in [1.54, 1.807) is 6.20 Å². The molecule has 0 aliphatic carbocycles. The van der Waals surface area contributed by atoms with E-state index in [4.69, 9.17) is 10.5 Å². The Morgan fingerprint density at radius 2 is 2.47 bits per heavy atom. The number of carbonyl (C=O) groups excluding carboxylic acids is 1. The molecule has 2 N–H and O–H groups in total. The topological polar surface area (TPSA) is 68.5 Å². The van der Waals surface area contributed by atoms with Crippen molar-refractivity contribution < 1.29 is 9.53 Å². The number of rotatable bonds is 2. The molecule has 3 heterocycles. The van der Waals surface area contributed by atoms with Crippen LogP contribution in [-0.2, 0) is 9.53 Å². The van der Waals surface area contributed by atoms with Crippen molar-refractivity contribution in [3.05, 3.63) is 30.1 Å². The highest BCUT2D eigenvalue weighted by molar-refractivity contribution is 5.87. The number of ether oxygens (including phenoxy) is 1. The summed E-state index contributed by atoms with van der Waals surface area (Å²) in [6, 6.07) is 4.05. The van der Waals surface area contributed by atoms with Crippen LogP contribution in [0.2, 0.25) is 0 Å². The number of amides is 1. The molecule has 2 unspecified atom stereocenters. The second-order valence-corrected chi connectivity index (χ2v) is 5.40. The summed E-state index contributed by atoms with van der Waals surface area (Å²) < 4.78 is 5.30. The highest BCUT2D eigenvalue weighted by Gasteiger charge is 2.44. The van der Waals surface area contributed by atoms with Gasteiger partial charge in [0.25, 0.3) is 0 Å². The fourth-order valence-electron chi connectivity index (χ4n) is 2.96. The van der Waals surface area contributed by atoms with E-state index in [9.17, 15) is 4.79 Å². The molecule has 5 heteroatoms. The number of aromatic nitrogens is 1. The van der Waals surface area contributed by atoms with Crippen molar-refractivity contribution in [2.24, 2.45) is 5.73 Å². The predicted molar refractivity (Wildman–Crippen MR) is 70.3 cm³/mol. The summed E-state index contributed by atoms with van der Waals surface area (Å²) in [5, 5.41) is 0. The Kier molecular flexibility index (Phi) is 3.24. The Morgan fingerprint density at radius 1 is 1.58 bits per heavy atom. The van der Waals surface area contributed by atoms with Crippen molar-refractivity contribution in [3.63, 3.8) is 0 Å². The molecule has 2 aliphatic heterocycles. The molecule has 19 heavy (non-hydrogen) atoms. The van der Waals surface area contributed by atoms with E-state index in [1.807, 2.05) is 23.2 Å². The number of hydrogen-bond donors (Lipinski definition) is 1. The van der Waals surface area contributed by atoms with Gasteiger partial charge in [-0.15, -0.1) is 0 Å². The van der Waals surface area contributed by atoms with Crippen LogP contribution in [0.15, 0.2) is 24.5 Å². The van der Waals surface area contributed by atoms with E-state index < -0.39 is 5.54 Å². The fraction of sp³-hybridized carbons (Fsp3) is 0.571. The molecule has 0 radical (unpaired) electrons. The zero-order valence-corrected chi connectivity index (χ0v) is 10.9. The first-order chi connectivity index (χ1) is 9.21. The first-order valence-electron chi connectivity index (χ1n) is 6.78. The molecule has 1 aromatic heterocycles. The summed E-state index contributed by atoms with van der Waals surface area (Å²) in [7, 11) is 0. The van der Waals surface area contributed by atoms with Crippen molar-refractivity contribution in [2.75, 3.05) is 19.8 Å². The van der Waals surface area contributed by atoms with E-state index in [2.05, 4.69) is 4.98 Å². The van der Waals surface area contributed by atoms with Crippen LogP contribution in [0, 0.1) is 0 Å². The monoisotopic (exact) mass is 261 g/mol. The molecular weight excluding hydrogens is 242 g/mol. The first-order valence-corrected chi connectivity index (χ1v) is 6.78. The number of nitrogens with zero attached hydrogens (tertiary/aromatic N) is 2. The van der Waals surface area contributed by atoms with E-state index >= 15 is 0 Å². The smallest absolute Gasteiger partial charge is 0.245 e. The minimum atomic E-state index is -0.829. The summed E-state index contributed by atoms with van der Waals surface area (Å²) in [5.74, 6) is 0.0244. The first kappa shape index (κ1) is 12.6. The number of likely N-dealkylation sites (tertiary alicyclic amines) is 1. The maximum absolute atomic E-state index is 12.7. The van der Waals surface area contributed by atoms with E-state index in [0.29, 0.717) is 19.6 Å². The molecule has 0 saturated carbocycles. The van der Waals surface area contributed by atoms with Gasteiger partial charge in [-0.1, -0.05) is 6.07 Å². The normalized spacial score (nSPS) is 30.8. The lowest BCUT2D eigenvalue weighted by molar-refractivity contribution is -0.138. The molecule has 5 nitrogen and oxygen atoms in total. The van der Waals surface area contributed by atoms with Crippen LogP contribution in [0.1, 0.15) is 30.9 Å². The van der Waals surface area contributed by atoms with Gasteiger partial charge in [0.05, 0.1) is 12.6 Å². The Morgan fingerprint density at radius 3 is 3.16 bits per heavy atom. The molecule has 0 spiro atoms. The van der Waals surface area contributed by atoms with Gasteiger partial charge < -0.3 is 15.4 Å². The maximum Gasteiger partial charge on any atom is 0.245 e. The van der Waals surface area contributed by atoms with E-state index in [-0.39, 0.29) is 11.9 Å². The lowest BCUT2D eigenvalue weighted by Crippen LogP contribution is -2.55. The van der Waals surface area contributed by atoms with Crippen molar-refractivity contribution in [2.45, 2.75) is 30.8 Å². The Labute approximate surface area is 112 Å². The number of carbonyl (C=O) groups is 1. The summed E-state index contributed by atoms with van der Waals surface area (Å²) >= 11 is 0. The van der Waals surface area contributed by atoms with Crippen molar-refractivity contribution in [1.82, 2.24) is 9.88 Å². The van der Waals surface area contributed by atoms with Gasteiger partial charge in [-0.05, 0) is 30.9 Å². The van der Waals surface area contributed by atoms with Crippen molar-refractivity contribution in [1.29, 1.82) is 0 Å². The lowest BCUT2D eigenvalue weighted by Gasteiger charge is -2.32. The van der Waals surface area contributed by atoms with Gasteiger partial charge in [-0.3, -0.25) is 9.78 Å². The van der Waals surface area contributed by atoms with Crippen LogP contribution in [-0.4, -0.2) is 41.1 Å². The molecule has 1 amide bonds. The quantitative estimate of drug-likeness (QED) is 0.857. The van der Waals surface area contributed by atoms with Gasteiger partial charge in [0, 0.05) is 25.5 Å². The minimum Gasteiger partial charge on any atom is -0.379 e. The van der Waals surface area contributed by atoms with Crippen LogP contribution in [0.4, 0.5) is 0 Å². The summed E-state index contributed by atoms with van der Waals surface area (Å²) in [6.07, 6.45) is 6.20. The fourth-order valence-corrected chi connectivity index (χ4v) is 2.96. The predicted octanol–water partition coefficient (Wildman–Crippen LogP) is 0.863. The van der Waals surface area contributed by atoms with Gasteiger partial charge in [0.15, 0.2) is 0 Å². The highest BCUT2D eigenvalue weighted by atomic mass is 16.5. The molecule has 2 atom stereocenters. The van der Waals surface area contributed by atoms with Crippen LogP contribution in [0.5, 0.6) is 0 Å². The SMILES string of the molecule is NC1(C(=O)N2CCCC2c2cccnc2)CCOC1. The van der Waals surface area contributed by atoms with Gasteiger partial charge >= 0.3 is 0 Å². The zero-order valence-electron chi connectivity index (χ0n) is 10.9. The molecule has 0 aromatic carbocycles. The molecule has 3 rings (SSSR count). The van der Waals surface area contributed by atoms with Crippen molar-refractivity contribution >= 4 is 5.91 Å². The number of pyridine rings is 1. The van der Waals surface area contributed by atoms with Gasteiger partial charge in [0.1, 0.15) is 5.54 Å². The van der Waals surface area contributed by atoms with Gasteiger partial charge in [-0.2, -0.15) is 0 Å². The summed E-state index contributed by atoms with van der Waals surface area (Å²) in [6.45, 7) is 1.69. The zero-order chi connectivity index (χ0) is 13.3. The molecule has 0 bridgehead atoms. The third-order valence-corrected chi connectivity index (χ3v) is 4.06. The van der Waals surface area contributed by atoms with Gasteiger partial charge in [-0.25, -0.2) is 0 Å². The van der Waals surface area contributed by atoms with E-state index in [1.165, 1.54) is 0 Å². The Bertz CT molecular complexity index is 457. The second kappa shape index (κ2) is 4.90. The standard InChI is InChI=1S/C14H19N3O2/c15-14(5-8-19-10-14)13(18)17-7-2-4-12(17)11-3-1-6-16-9-11/h1,3,6,9,12H,2,4-5,7-8,10,15H2. The van der Waals surface area contributed by atoms with Crippen LogP contribution in [0.25, 0.3) is 0 Å². The Balaban J connectivity index is 1.82. The third-order valence-electron chi connectivity index (χ3n) is 4.06. The summed E-state index contributed by atoms with van der Waals surface area (Å²) in [4.78, 5) is 18.7. The second-order valence-electron chi connectivity index (χ2n) is 5.40. The average molecular weight is 261 g/mol. The highest BCUT2D eigenvalue weighted by Crippen LogP contribution is 2.34. The molecular formula is C14H19N3O2. The average Bonchev–Trinajstić information content (AvgIpc) is 3.08. The van der Waals surface area contributed by atoms with E-state index in [0.717, 1.165) is 24.9 Å². The lowest BCUT2D eigenvalue weighted by atomic mass is 9.97. The largest absolute Gasteiger partial charge is 0.379 e. The Hall–Kier alpha value is -1.46. The van der Waals surface area contributed by atoms with Crippen LogP contribution < -0.4 is 5.73 Å². The molecule has 2 fully saturated rings. The summed E-state index contributed by atoms with van der Waals surface area (Å²) in [5.41, 5.74) is 6.46.